The molecule has 0 heterocycles. The zero-order valence-corrected chi connectivity index (χ0v) is 9.08. The Labute approximate surface area is 84.7 Å². The van der Waals surface area contributed by atoms with E-state index in [9.17, 15) is 8.76 Å². The largest absolute Gasteiger partial charge is 0.768 e. The molecule has 65 valence electrons. The van der Waals surface area contributed by atoms with E-state index in [0.717, 1.165) is 0 Å². The minimum atomic E-state index is -2.22. The molecule has 3 radical (unpaired) electrons. The molecule has 0 amide bonds. The molecule has 1 aromatic rings. The molecule has 0 fully saturated rings. The fraction of sp³-hybridized carbons (Fsp3) is 0.143. The Bertz CT molecular complexity index is 277. The van der Waals surface area contributed by atoms with Crippen LogP contribution >= 0.6 is 0 Å². The van der Waals surface area contributed by atoms with Gasteiger partial charge in [-0.25, -0.2) is 0 Å². The number of methoxy groups -OCH3 is 1. The maximum Gasteiger partial charge on any atom is 0.133 e. The van der Waals surface area contributed by atoms with E-state index >= 15 is 0 Å². The van der Waals surface area contributed by atoms with Gasteiger partial charge in [-0.3, -0.25) is 4.21 Å². The normalized spacial score (nSPS) is 11.5. The molecule has 0 aromatic heterocycles. The van der Waals surface area contributed by atoms with Gasteiger partial charge in [0.1, 0.15) is 5.75 Å². The summed E-state index contributed by atoms with van der Waals surface area (Å²) in [5.41, 5.74) is 0. The minimum absolute atomic E-state index is 0. The zero-order valence-electron chi connectivity index (χ0n) is 6.39. The van der Waals surface area contributed by atoms with Crippen LogP contribution in [0.5, 0.6) is 5.75 Å². The third-order valence-electron chi connectivity index (χ3n) is 1.25. The van der Waals surface area contributed by atoms with Crippen molar-refractivity contribution in [3.63, 3.8) is 0 Å². The van der Waals surface area contributed by atoms with Crippen molar-refractivity contribution in [1.82, 2.24) is 0 Å². The first-order valence-electron chi connectivity index (χ1n) is 2.98. The number of rotatable bonds is 2. The predicted molar refractivity (Wildman–Crippen MR) is 45.9 cm³/mol. The van der Waals surface area contributed by atoms with Gasteiger partial charge in [-0.15, -0.1) is 0 Å². The van der Waals surface area contributed by atoms with Gasteiger partial charge in [-0.2, -0.15) is 0 Å². The molecule has 0 N–H and O–H groups in total. The van der Waals surface area contributed by atoms with Crippen LogP contribution in [-0.4, -0.2) is 33.8 Å². The molecule has 0 spiro atoms. The molecule has 12 heavy (non-hydrogen) atoms. The molecule has 5 heteroatoms. The first kappa shape index (κ1) is 11.7. The van der Waals surface area contributed by atoms with Gasteiger partial charge in [-0.05, 0) is 23.2 Å². The van der Waals surface area contributed by atoms with Crippen molar-refractivity contribution in [2.24, 2.45) is 0 Å². The van der Waals surface area contributed by atoms with E-state index < -0.39 is 11.1 Å². The average Bonchev–Trinajstić information content (AvgIpc) is 2.04. The van der Waals surface area contributed by atoms with Crippen molar-refractivity contribution in [1.29, 1.82) is 0 Å². The molecule has 0 saturated carbocycles. The third-order valence-corrected chi connectivity index (χ3v) is 1.95. The molecule has 3 nitrogen and oxygen atoms in total. The van der Waals surface area contributed by atoms with Crippen LogP contribution in [0, 0.1) is 0 Å². The monoisotopic (exact) mass is 246 g/mol. The van der Waals surface area contributed by atoms with Gasteiger partial charge in [0, 0.05) is 18.0 Å². The number of hydrogen-bond acceptors (Lipinski definition) is 3. The second-order valence-corrected chi connectivity index (χ2v) is 2.79. The Morgan fingerprint density at radius 1 is 1.42 bits per heavy atom. The van der Waals surface area contributed by atoms with E-state index in [1.807, 2.05) is 0 Å². The molecular weight excluding hydrogens is 239 g/mol. The van der Waals surface area contributed by atoms with Crippen LogP contribution in [0.1, 0.15) is 0 Å². The van der Waals surface area contributed by atoms with Crippen LogP contribution < -0.4 is 4.74 Å². The Morgan fingerprint density at radius 2 is 2.00 bits per heavy atom. The van der Waals surface area contributed by atoms with Crippen LogP contribution in [0.25, 0.3) is 0 Å². The second-order valence-electron chi connectivity index (χ2n) is 1.89. The summed E-state index contributed by atoms with van der Waals surface area (Å²) in [6, 6.07) is 6.45. The summed E-state index contributed by atoms with van der Waals surface area (Å²) in [5.74, 6) is 0.376. The van der Waals surface area contributed by atoms with Crippen molar-refractivity contribution in [3.05, 3.63) is 24.3 Å². The first-order valence-corrected chi connectivity index (χ1v) is 4.05. The number of para-hydroxylation sites is 1. The molecule has 0 saturated heterocycles. The molecule has 0 aliphatic carbocycles. The Kier molecular flexibility index (Phi) is 5.22. The molecule has 1 rings (SSSR count). The fourth-order valence-electron chi connectivity index (χ4n) is 0.756. The van der Waals surface area contributed by atoms with Crippen LogP contribution in [0.2, 0.25) is 0 Å². The van der Waals surface area contributed by atoms with E-state index in [4.69, 9.17) is 4.74 Å². The Hall–Kier alpha value is -0.312. The smallest absolute Gasteiger partial charge is 0.133 e. The summed E-state index contributed by atoms with van der Waals surface area (Å²) in [4.78, 5) is 0.190. The Balaban J connectivity index is 0.00000121. The molecule has 0 aliphatic rings. The zero-order chi connectivity index (χ0) is 8.27. The molecule has 1 atom stereocenters. The van der Waals surface area contributed by atoms with E-state index in [1.165, 1.54) is 13.2 Å². The quantitative estimate of drug-likeness (QED) is 0.565. The van der Waals surface area contributed by atoms with Crippen molar-refractivity contribution < 1.29 is 13.5 Å². The number of hydrogen-bond donors (Lipinski definition) is 0. The predicted octanol–water partition coefficient (Wildman–Crippen LogP) is 0.552. The van der Waals surface area contributed by atoms with Gasteiger partial charge >= 0.3 is 0 Å². The summed E-state index contributed by atoms with van der Waals surface area (Å²) in [6.07, 6.45) is 0. The number of benzene rings is 1. The van der Waals surface area contributed by atoms with Gasteiger partial charge in [0.05, 0.1) is 12.0 Å². The summed E-state index contributed by atoms with van der Waals surface area (Å²) >= 11 is -2.22. The van der Waals surface area contributed by atoms with Gasteiger partial charge in [0.2, 0.25) is 0 Å². The van der Waals surface area contributed by atoms with E-state index in [0.29, 0.717) is 5.75 Å². The van der Waals surface area contributed by atoms with Gasteiger partial charge in [0.25, 0.3) is 0 Å². The third kappa shape index (κ3) is 2.63. The topological polar surface area (TPSA) is 49.4 Å². The standard InChI is InChI=1S/C7H8O3S.As/c1-10-6-4-2-3-5-7(6)11(8)9;/h2-5H,1H3,(H,8,9);/p-1. The maximum absolute atomic E-state index is 10.5. The van der Waals surface area contributed by atoms with Gasteiger partial charge < -0.3 is 9.29 Å². The minimum Gasteiger partial charge on any atom is -0.768 e. The first-order chi connectivity index (χ1) is 5.25. The second kappa shape index (κ2) is 5.35. The van der Waals surface area contributed by atoms with Crippen LogP contribution in [-0.2, 0) is 11.1 Å². The van der Waals surface area contributed by atoms with Crippen LogP contribution in [0.3, 0.4) is 0 Å². The molecule has 1 unspecified atom stereocenters. The summed E-state index contributed by atoms with van der Waals surface area (Å²) in [5, 5.41) is 0. The van der Waals surface area contributed by atoms with Gasteiger partial charge in [0.15, 0.2) is 0 Å². The van der Waals surface area contributed by atoms with Crippen LogP contribution in [0.4, 0.5) is 0 Å². The molecule has 0 aliphatic heterocycles. The molecule has 1 aromatic carbocycles. The fourth-order valence-corrected chi connectivity index (χ4v) is 1.26. The van der Waals surface area contributed by atoms with Gasteiger partial charge in [-0.1, -0.05) is 12.1 Å². The molecular formula is C7H7AsO3S-. The SMILES string of the molecule is COc1ccccc1S(=O)[O-].[As]. The summed E-state index contributed by atoms with van der Waals surface area (Å²) in [6.45, 7) is 0. The van der Waals surface area contributed by atoms with E-state index in [-0.39, 0.29) is 22.8 Å². The van der Waals surface area contributed by atoms with Crippen LogP contribution in [0.15, 0.2) is 29.2 Å². The summed E-state index contributed by atoms with van der Waals surface area (Å²) in [7, 11) is 1.44. The average molecular weight is 246 g/mol. The van der Waals surface area contributed by atoms with E-state index in [2.05, 4.69) is 0 Å². The summed E-state index contributed by atoms with van der Waals surface area (Å²) < 4.78 is 25.8. The Morgan fingerprint density at radius 3 is 2.42 bits per heavy atom. The van der Waals surface area contributed by atoms with Crippen molar-refractivity contribution in [2.45, 2.75) is 4.90 Å². The maximum atomic E-state index is 10.5. The number of ether oxygens (including phenoxy) is 1. The molecule has 0 bridgehead atoms. The van der Waals surface area contributed by atoms with Crippen molar-refractivity contribution >= 4 is 29.0 Å². The van der Waals surface area contributed by atoms with Crippen molar-refractivity contribution in [2.75, 3.05) is 7.11 Å². The van der Waals surface area contributed by atoms with Crippen molar-refractivity contribution in [3.8, 4) is 5.75 Å². The van der Waals surface area contributed by atoms with E-state index in [1.54, 1.807) is 18.2 Å².